The van der Waals surface area contributed by atoms with Gasteiger partial charge in [-0.05, 0) is 48.6 Å². The lowest BCUT2D eigenvalue weighted by Gasteiger charge is -2.36. The zero-order valence-corrected chi connectivity index (χ0v) is 18.1. The molecule has 0 fully saturated rings. The first-order valence-corrected chi connectivity index (χ1v) is 11.3. The van der Waals surface area contributed by atoms with Crippen LogP contribution in [0.2, 0.25) is 0 Å². The van der Waals surface area contributed by atoms with E-state index >= 15 is 0 Å². The zero-order chi connectivity index (χ0) is 19.8. The largest absolute Gasteiger partial charge is 0.365 e. The molecular weight excluding hydrogens is 376 g/mol. The quantitative estimate of drug-likeness (QED) is 0.689. The SMILES string of the molecule is CCc1cc(C(=O)Nc2sc3c(c2C(N)=O)CC[C@H](C(C)(C)CC)C3)cs1. The number of nitrogens with one attached hydrogen (secondary N) is 1. The number of hydrogen-bond donors (Lipinski definition) is 2. The van der Waals surface area contributed by atoms with Gasteiger partial charge in [0.1, 0.15) is 5.00 Å². The molecule has 2 aromatic heterocycles. The van der Waals surface area contributed by atoms with Crippen LogP contribution in [0.5, 0.6) is 0 Å². The van der Waals surface area contributed by atoms with Crippen LogP contribution in [0.3, 0.4) is 0 Å². The molecule has 0 aliphatic heterocycles. The minimum absolute atomic E-state index is 0.169. The van der Waals surface area contributed by atoms with E-state index in [0.717, 1.165) is 37.7 Å². The van der Waals surface area contributed by atoms with E-state index in [1.807, 2.05) is 11.4 Å². The van der Waals surface area contributed by atoms with E-state index in [0.29, 0.717) is 22.0 Å². The van der Waals surface area contributed by atoms with Crippen molar-refractivity contribution < 1.29 is 9.59 Å². The summed E-state index contributed by atoms with van der Waals surface area (Å²) >= 11 is 3.11. The van der Waals surface area contributed by atoms with Crippen molar-refractivity contribution in [2.75, 3.05) is 5.32 Å². The number of nitrogens with two attached hydrogens (primary N) is 1. The molecule has 3 rings (SSSR count). The van der Waals surface area contributed by atoms with Crippen LogP contribution in [0.25, 0.3) is 0 Å². The van der Waals surface area contributed by atoms with Crippen molar-refractivity contribution in [3.63, 3.8) is 0 Å². The summed E-state index contributed by atoms with van der Waals surface area (Å²) in [5.74, 6) is -0.0324. The molecule has 1 aliphatic rings. The fourth-order valence-electron chi connectivity index (χ4n) is 3.75. The van der Waals surface area contributed by atoms with Crippen molar-refractivity contribution in [3.05, 3.63) is 37.9 Å². The van der Waals surface area contributed by atoms with Crippen LogP contribution in [-0.4, -0.2) is 11.8 Å². The number of primary amides is 1. The predicted molar refractivity (Wildman–Crippen MR) is 114 cm³/mol. The van der Waals surface area contributed by atoms with Crippen LogP contribution in [0.15, 0.2) is 11.4 Å². The number of carbonyl (C=O) groups excluding carboxylic acids is 2. The molecule has 2 aromatic rings. The molecule has 0 spiro atoms. The van der Waals surface area contributed by atoms with Gasteiger partial charge in [0.15, 0.2) is 0 Å². The van der Waals surface area contributed by atoms with Gasteiger partial charge in [-0.3, -0.25) is 9.59 Å². The first-order valence-electron chi connectivity index (χ1n) is 9.59. The van der Waals surface area contributed by atoms with E-state index in [-0.39, 0.29) is 11.3 Å². The van der Waals surface area contributed by atoms with E-state index in [1.54, 1.807) is 11.3 Å². The molecule has 146 valence electrons. The van der Waals surface area contributed by atoms with Gasteiger partial charge in [-0.25, -0.2) is 0 Å². The van der Waals surface area contributed by atoms with Crippen LogP contribution in [-0.2, 0) is 19.3 Å². The normalized spacial score (nSPS) is 16.8. The molecule has 0 saturated carbocycles. The Balaban J connectivity index is 1.88. The minimum atomic E-state index is -0.449. The highest BCUT2D eigenvalue weighted by Crippen LogP contribution is 2.45. The molecule has 0 unspecified atom stereocenters. The Labute approximate surface area is 169 Å². The summed E-state index contributed by atoms with van der Waals surface area (Å²) in [7, 11) is 0. The molecule has 3 N–H and O–H groups in total. The van der Waals surface area contributed by atoms with Gasteiger partial charge in [0.25, 0.3) is 11.8 Å². The van der Waals surface area contributed by atoms with Crippen molar-refractivity contribution in [3.8, 4) is 0 Å². The lowest BCUT2D eigenvalue weighted by atomic mass is 9.69. The topological polar surface area (TPSA) is 72.2 Å². The number of aryl methyl sites for hydroxylation is 1. The Morgan fingerprint density at radius 2 is 2.07 bits per heavy atom. The van der Waals surface area contributed by atoms with E-state index in [4.69, 9.17) is 5.73 Å². The van der Waals surface area contributed by atoms with Gasteiger partial charge in [0.2, 0.25) is 0 Å². The van der Waals surface area contributed by atoms with Gasteiger partial charge >= 0.3 is 0 Å². The second kappa shape index (κ2) is 7.76. The molecule has 6 heteroatoms. The van der Waals surface area contributed by atoms with Gasteiger partial charge in [-0.15, -0.1) is 22.7 Å². The van der Waals surface area contributed by atoms with Gasteiger partial charge in [-0.1, -0.05) is 34.1 Å². The second-order valence-corrected chi connectivity index (χ2v) is 10.1. The summed E-state index contributed by atoms with van der Waals surface area (Å²) in [6, 6.07) is 1.91. The highest BCUT2D eigenvalue weighted by molar-refractivity contribution is 7.17. The van der Waals surface area contributed by atoms with Crippen LogP contribution in [0, 0.1) is 11.3 Å². The standard InChI is InChI=1S/C21H28N2O2S2/c1-5-14-9-12(11-26-14)19(25)23-20-17(18(22)24)15-8-7-13(10-16(15)27-20)21(3,4)6-2/h9,11,13H,5-8,10H2,1-4H3,(H2,22,24)(H,23,25)/t13-/m0/s1. The maximum atomic E-state index is 12.7. The summed E-state index contributed by atoms with van der Waals surface area (Å²) in [5, 5.41) is 5.43. The second-order valence-electron chi connectivity index (χ2n) is 7.96. The molecule has 4 nitrogen and oxygen atoms in total. The lowest BCUT2D eigenvalue weighted by Crippen LogP contribution is -2.29. The maximum absolute atomic E-state index is 12.7. The van der Waals surface area contributed by atoms with Crippen LogP contribution in [0.4, 0.5) is 5.00 Å². The number of rotatable bonds is 6. The van der Waals surface area contributed by atoms with Crippen molar-refractivity contribution >= 4 is 39.5 Å². The molecule has 1 aliphatic carbocycles. The predicted octanol–water partition coefficient (Wildman–Crippen LogP) is 5.26. The van der Waals surface area contributed by atoms with E-state index in [1.165, 1.54) is 21.1 Å². The molecule has 0 bridgehead atoms. The van der Waals surface area contributed by atoms with Gasteiger partial charge in [-0.2, -0.15) is 0 Å². The number of anilines is 1. The molecule has 0 saturated heterocycles. The van der Waals surface area contributed by atoms with Crippen LogP contribution >= 0.6 is 22.7 Å². The first kappa shape index (κ1) is 20.1. The van der Waals surface area contributed by atoms with E-state index in [9.17, 15) is 9.59 Å². The summed E-state index contributed by atoms with van der Waals surface area (Å²) in [6.07, 6.45) is 4.90. The van der Waals surface area contributed by atoms with Gasteiger partial charge in [0.05, 0.1) is 11.1 Å². The summed E-state index contributed by atoms with van der Waals surface area (Å²) < 4.78 is 0. The number of hydrogen-bond acceptors (Lipinski definition) is 4. The van der Waals surface area contributed by atoms with E-state index < -0.39 is 5.91 Å². The average Bonchev–Trinajstić information content (AvgIpc) is 3.25. The van der Waals surface area contributed by atoms with Gasteiger partial charge in [0, 0.05) is 15.1 Å². The minimum Gasteiger partial charge on any atom is -0.365 e. The Hall–Kier alpha value is -1.66. The third-order valence-electron chi connectivity index (χ3n) is 6.02. The van der Waals surface area contributed by atoms with Crippen molar-refractivity contribution in [1.82, 2.24) is 0 Å². The Morgan fingerprint density at radius 3 is 2.67 bits per heavy atom. The fourth-order valence-corrected chi connectivity index (χ4v) is 5.89. The van der Waals surface area contributed by atoms with Crippen molar-refractivity contribution in [2.24, 2.45) is 17.1 Å². The molecule has 1 atom stereocenters. The van der Waals surface area contributed by atoms with Gasteiger partial charge < -0.3 is 11.1 Å². The Kier molecular flexibility index (Phi) is 5.77. The van der Waals surface area contributed by atoms with Crippen molar-refractivity contribution in [2.45, 2.75) is 59.8 Å². The summed E-state index contributed by atoms with van der Waals surface area (Å²) in [6.45, 7) is 8.93. The number of thiophene rings is 2. The molecule has 0 radical (unpaired) electrons. The molecule has 2 heterocycles. The lowest BCUT2D eigenvalue weighted by molar-refractivity contribution is 0.0999. The summed E-state index contributed by atoms with van der Waals surface area (Å²) in [4.78, 5) is 27.2. The third kappa shape index (κ3) is 3.97. The highest BCUT2D eigenvalue weighted by Gasteiger charge is 2.35. The highest BCUT2D eigenvalue weighted by atomic mass is 32.1. The molecular formula is C21H28N2O2S2. The number of carbonyl (C=O) groups is 2. The third-order valence-corrected chi connectivity index (χ3v) is 8.27. The Bertz CT molecular complexity index is 864. The molecule has 27 heavy (non-hydrogen) atoms. The monoisotopic (exact) mass is 404 g/mol. The number of amides is 2. The zero-order valence-electron chi connectivity index (χ0n) is 16.5. The van der Waals surface area contributed by atoms with Crippen LogP contribution < -0.4 is 11.1 Å². The molecule has 0 aromatic carbocycles. The molecule has 2 amide bonds. The van der Waals surface area contributed by atoms with Crippen molar-refractivity contribution in [1.29, 1.82) is 0 Å². The Morgan fingerprint density at radius 1 is 1.33 bits per heavy atom. The fraction of sp³-hybridized carbons (Fsp3) is 0.524. The van der Waals surface area contributed by atoms with E-state index in [2.05, 4.69) is 33.0 Å². The maximum Gasteiger partial charge on any atom is 0.257 e. The van der Waals surface area contributed by atoms with Crippen LogP contribution in [0.1, 0.15) is 76.6 Å². The number of fused-ring (bicyclic) bond motifs is 1. The first-order chi connectivity index (χ1) is 12.8. The average molecular weight is 405 g/mol. The smallest absolute Gasteiger partial charge is 0.257 e. The summed E-state index contributed by atoms with van der Waals surface area (Å²) in [5.41, 5.74) is 8.16.